The largest absolute Gasteiger partial charge is 0.444 e. The summed E-state index contributed by atoms with van der Waals surface area (Å²) in [6, 6.07) is 7.38. The van der Waals surface area contributed by atoms with Crippen LogP contribution in [0.15, 0.2) is 24.3 Å². The highest BCUT2D eigenvalue weighted by Crippen LogP contribution is 2.48. The summed E-state index contributed by atoms with van der Waals surface area (Å²) in [5.74, 6) is 0. The predicted octanol–water partition coefficient (Wildman–Crippen LogP) is 3.26. The number of aldehydes is 1. The molecule has 0 atom stereocenters. The van der Waals surface area contributed by atoms with Gasteiger partial charge in [0.15, 0.2) is 0 Å². The molecule has 102 valence electrons. The lowest BCUT2D eigenvalue weighted by Crippen LogP contribution is -2.28. The molecule has 2 rings (SSSR count). The molecule has 0 spiro atoms. The number of hydrogen-bond acceptors (Lipinski definition) is 3. The molecule has 1 fully saturated rings. The van der Waals surface area contributed by atoms with E-state index < -0.39 is 17.1 Å². The lowest BCUT2D eigenvalue weighted by Gasteiger charge is -2.21. The van der Waals surface area contributed by atoms with Crippen LogP contribution in [0.3, 0.4) is 0 Å². The van der Waals surface area contributed by atoms with E-state index in [0.717, 1.165) is 24.7 Å². The van der Waals surface area contributed by atoms with Gasteiger partial charge in [-0.15, -0.1) is 0 Å². The van der Waals surface area contributed by atoms with Crippen molar-refractivity contribution >= 4 is 18.1 Å². The van der Waals surface area contributed by atoms with Crippen molar-refractivity contribution in [3.8, 4) is 0 Å². The van der Waals surface area contributed by atoms with Crippen LogP contribution in [-0.4, -0.2) is 18.0 Å². The standard InChI is InChI=1S/C15H19NO3/c1-14(2,3)19-13(18)16-12-7-5-4-6-11(12)15(10-17)8-9-15/h4-7,10H,8-9H2,1-3H3,(H,16,18). The van der Waals surface area contributed by atoms with Crippen LogP contribution in [0.5, 0.6) is 0 Å². The Morgan fingerprint density at radius 1 is 1.32 bits per heavy atom. The third-order valence-corrected chi connectivity index (χ3v) is 3.11. The van der Waals surface area contributed by atoms with Gasteiger partial charge in [-0.05, 0) is 45.2 Å². The Balaban J connectivity index is 2.17. The molecule has 0 saturated heterocycles. The Morgan fingerprint density at radius 3 is 2.47 bits per heavy atom. The number of nitrogens with one attached hydrogen (secondary N) is 1. The first-order valence-corrected chi connectivity index (χ1v) is 6.42. The van der Waals surface area contributed by atoms with Gasteiger partial charge in [0.25, 0.3) is 0 Å². The van der Waals surface area contributed by atoms with Gasteiger partial charge in [-0.25, -0.2) is 4.79 Å². The van der Waals surface area contributed by atoms with Crippen molar-refractivity contribution in [2.45, 2.75) is 44.6 Å². The molecule has 0 unspecified atom stereocenters. The smallest absolute Gasteiger partial charge is 0.412 e. The molecule has 4 nitrogen and oxygen atoms in total. The summed E-state index contributed by atoms with van der Waals surface area (Å²) in [6.45, 7) is 5.44. The van der Waals surface area contributed by atoms with Gasteiger partial charge < -0.3 is 9.53 Å². The molecule has 1 aromatic rings. The molecule has 1 aromatic carbocycles. The predicted molar refractivity (Wildman–Crippen MR) is 73.3 cm³/mol. The second kappa shape index (κ2) is 4.68. The molecule has 0 bridgehead atoms. The molecular weight excluding hydrogens is 242 g/mol. The van der Waals surface area contributed by atoms with Crippen LogP contribution in [0.1, 0.15) is 39.2 Å². The van der Waals surface area contributed by atoms with Crippen molar-refractivity contribution in [2.75, 3.05) is 5.32 Å². The number of hydrogen-bond donors (Lipinski definition) is 1. The number of amides is 1. The van der Waals surface area contributed by atoms with E-state index in [2.05, 4.69) is 5.32 Å². The molecule has 0 heterocycles. The average Bonchev–Trinajstić information content (AvgIpc) is 3.08. The number of benzene rings is 1. The van der Waals surface area contributed by atoms with Crippen LogP contribution in [0, 0.1) is 0 Å². The maximum Gasteiger partial charge on any atom is 0.412 e. The highest BCUT2D eigenvalue weighted by molar-refractivity contribution is 5.88. The molecule has 0 radical (unpaired) electrons. The zero-order valence-electron chi connectivity index (χ0n) is 11.5. The van der Waals surface area contributed by atoms with Crippen molar-refractivity contribution in [1.29, 1.82) is 0 Å². The number of carbonyl (C=O) groups is 2. The number of carbonyl (C=O) groups excluding carboxylic acids is 2. The molecule has 1 aliphatic rings. The molecule has 1 N–H and O–H groups in total. The maximum absolute atomic E-state index is 11.8. The second-order valence-electron chi connectivity index (χ2n) is 5.95. The van der Waals surface area contributed by atoms with E-state index in [-0.39, 0.29) is 0 Å². The fourth-order valence-corrected chi connectivity index (χ4v) is 2.03. The summed E-state index contributed by atoms with van der Waals surface area (Å²) >= 11 is 0. The summed E-state index contributed by atoms with van der Waals surface area (Å²) < 4.78 is 5.22. The first-order chi connectivity index (χ1) is 8.86. The fourth-order valence-electron chi connectivity index (χ4n) is 2.03. The molecule has 1 saturated carbocycles. The summed E-state index contributed by atoms with van der Waals surface area (Å²) in [4.78, 5) is 23.0. The molecule has 1 amide bonds. The first kappa shape index (κ1) is 13.6. The maximum atomic E-state index is 11.8. The molecule has 4 heteroatoms. The minimum absolute atomic E-state index is 0.411. The highest BCUT2D eigenvalue weighted by atomic mass is 16.6. The Morgan fingerprint density at radius 2 is 1.95 bits per heavy atom. The summed E-state index contributed by atoms with van der Waals surface area (Å²) in [7, 11) is 0. The van der Waals surface area contributed by atoms with Crippen LogP contribution in [0.4, 0.5) is 10.5 Å². The molecule has 19 heavy (non-hydrogen) atoms. The third kappa shape index (κ3) is 3.13. The van der Waals surface area contributed by atoms with Gasteiger partial charge in [-0.1, -0.05) is 18.2 Å². The van der Waals surface area contributed by atoms with Crippen LogP contribution in [0.25, 0.3) is 0 Å². The van der Waals surface area contributed by atoms with Crippen molar-refractivity contribution in [1.82, 2.24) is 0 Å². The summed E-state index contributed by atoms with van der Waals surface area (Å²) in [5.41, 5.74) is 0.573. The van der Waals surface area contributed by atoms with Gasteiger partial charge in [-0.2, -0.15) is 0 Å². The summed E-state index contributed by atoms with van der Waals surface area (Å²) in [6.07, 6.45) is 2.15. The normalized spacial score (nSPS) is 16.6. The lowest BCUT2D eigenvalue weighted by atomic mass is 9.96. The number of ether oxygens (including phenoxy) is 1. The van der Waals surface area contributed by atoms with Gasteiger partial charge in [0.05, 0.1) is 5.41 Å². The van der Waals surface area contributed by atoms with Crippen molar-refractivity contribution in [3.05, 3.63) is 29.8 Å². The topological polar surface area (TPSA) is 55.4 Å². The van der Waals surface area contributed by atoms with E-state index >= 15 is 0 Å². The quantitative estimate of drug-likeness (QED) is 0.850. The minimum Gasteiger partial charge on any atom is -0.444 e. The Bertz CT molecular complexity index is 498. The van der Waals surface area contributed by atoms with E-state index in [1.807, 2.05) is 39.0 Å². The third-order valence-electron chi connectivity index (χ3n) is 3.11. The monoisotopic (exact) mass is 261 g/mol. The Labute approximate surface area is 113 Å². The Hall–Kier alpha value is -1.84. The average molecular weight is 261 g/mol. The number of rotatable bonds is 3. The Kier molecular flexibility index (Phi) is 3.35. The van der Waals surface area contributed by atoms with Crippen LogP contribution in [-0.2, 0) is 14.9 Å². The van der Waals surface area contributed by atoms with Crippen molar-refractivity contribution in [2.24, 2.45) is 0 Å². The van der Waals surface area contributed by atoms with E-state index in [9.17, 15) is 9.59 Å². The van der Waals surface area contributed by atoms with Crippen LogP contribution >= 0.6 is 0 Å². The number of anilines is 1. The van der Waals surface area contributed by atoms with Gasteiger partial charge >= 0.3 is 6.09 Å². The highest BCUT2D eigenvalue weighted by Gasteiger charge is 2.45. The lowest BCUT2D eigenvalue weighted by molar-refractivity contribution is -0.109. The summed E-state index contributed by atoms with van der Waals surface area (Å²) in [5, 5.41) is 2.73. The van der Waals surface area contributed by atoms with Crippen LogP contribution < -0.4 is 5.32 Å². The SMILES string of the molecule is CC(C)(C)OC(=O)Nc1ccccc1C1(C=O)CC1. The number of para-hydroxylation sites is 1. The van der Waals surface area contributed by atoms with E-state index in [4.69, 9.17) is 4.74 Å². The molecule has 0 aliphatic heterocycles. The zero-order chi connectivity index (χ0) is 14.1. The van der Waals surface area contributed by atoms with Gasteiger partial charge in [0.2, 0.25) is 0 Å². The van der Waals surface area contributed by atoms with Crippen molar-refractivity contribution in [3.63, 3.8) is 0 Å². The first-order valence-electron chi connectivity index (χ1n) is 6.42. The fraction of sp³-hybridized carbons (Fsp3) is 0.467. The van der Waals surface area contributed by atoms with E-state index in [0.29, 0.717) is 5.69 Å². The van der Waals surface area contributed by atoms with Crippen molar-refractivity contribution < 1.29 is 14.3 Å². The van der Waals surface area contributed by atoms with Crippen LogP contribution in [0.2, 0.25) is 0 Å². The van der Waals surface area contributed by atoms with E-state index in [1.165, 1.54) is 0 Å². The molecular formula is C15H19NO3. The second-order valence-corrected chi connectivity index (χ2v) is 5.95. The van der Waals surface area contributed by atoms with Gasteiger partial charge in [0.1, 0.15) is 11.9 Å². The van der Waals surface area contributed by atoms with Gasteiger partial charge in [0, 0.05) is 5.69 Å². The minimum atomic E-state index is -0.541. The van der Waals surface area contributed by atoms with Gasteiger partial charge in [-0.3, -0.25) is 5.32 Å². The van der Waals surface area contributed by atoms with E-state index in [1.54, 1.807) is 6.07 Å². The zero-order valence-corrected chi connectivity index (χ0v) is 11.5. The molecule has 1 aliphatic carbocycles. The molecule has 0 aromatic heterocycles.